The van der Waals surface area contributed by atoms with Gasteiger partial charge in [0, 0.05) is 68.2 Å². The third-order valence-corrected chi connectivity index (χ3v) is 10.9. The highest BCUT2D eigenvalue weighted by molar-refractivity contribution is 6.31. The summed E-state index contributed by atoms with van der Waals surface area (Å²) in [6.45, 7) is 3.23. The molecule has 6 atom stereocenters. The number of benzene rings is 3. The lowest BCUT2D eigenvalue weighted by molar-refractivity contribution is -0.249. The maximum Gasteiger partial charge on any atom is 0.202 e. The zero-order valence-electron chi connectivity index (χ0n) is 30.7. The van der Waals surface area contributed by atoms with Gasteiger partial charge in [-0.15, -0.1) is 12.4 Å². The number of hydrogen-bond acceptors (Lipinski definition) is 12. The lowest BCUT2D eigenvalue weighted by Crippen LogP contribution is -2.54. The number of halogens is 1. The van der Waals surface area contributed by atoms with Crippen LogP contribution in [0.4, 0.5) is 0 Å². The van der Waals surface area contributed by atoms with Crippen molar-refractivity contribution in [3.8, 4) is 17.2 Å². The third kappa shape index (κ3) is 7.08. The van der Waals surface area contributed by atoms with E-state index in [0.717, 1.165) is 11.1 Å². The van der Waals surface area contributed by atoms with Gasteiger partial charge in [-0.25, -0.2) is 0 Å². The number of ether oxygens (including phenoxy) is 3. The SMILES string of the molecule is COc1cccc2c1C(=O)c1c(O)c3c(c(O)c1C2=O)C[C@@](O)(C(C)=O)CC3OC1CC(NCc2ccc(CC(=O)c3cccn3C)cc2)C(O)C(C)O1.Cl. The molecule has 3 aromatic carbocycles. The van der Waals surface area contributed by atoms with E-state index in [9.17, 15) is 39.6 Å². The number of nitrogens with zero attached hydrogens (tertiary/aromatic N) is 1. The van der Waals surface area contributed by atoms with E-state index in [1.807, 2.05) is 43.6 Å². The summed E-state index contributed by atoms with van der Waals surface area (Å²) in [5, 5.41) is 49.4. The number of methoxy groups -OCH3 is 1. The van der Waals surface area contributed by atoms with Gasteiger partial charge >= 0.3 is 0 Å². The number of aryl methyl sites for hydroxylation is 1. The lowest BCUT2D eigenvalue weighted by Gasteiger charge is -2.43. The van der Waals surface area contributed by atoms with E-state index in [2.05, 4.69) is 5.32 Å². The van der Waals surface area contributed by atoms with Crippen LogP contribution in [0.5, 0.6) is 17.2 Å². The minimum Gasteiger partial charge on any atom is -0.507 e. The second-order valence-corrected chi connectivity index (χ2v) is 14.4. The number of ketones is 4. The Bertz CT molecular complexity index is 2180. The molecule has 13 nitrogen and oxygen atoms in total. The summed E-state index contributed by atoms with van der Waals surface area (Å²) < 4.78 is 19.5. The summed E-state index contributed by atoms with van der Waals surface area (Å²) in [7, 11) is 3.17. The Balaban J connectivity index is 0.00000514. The van der Waals surface area contributed by atoms with Gasteiger partial charge < -0.3 is 44.5 Å². The number of phenolic OH excluding ortho intramolecular Hbond substituents is 2. The first-order valence-corrected chi connectivity index (χ1v) is 17.8. The van der Waals surface area contributed by atoms with E-state index in [1.54, 1.807) is 17.6 Å². The first-order valence-electron chi connectivity index (χ1n) is 17.8. The van der Waals surface area contributed by atoms with Crippen molar-refractivity contribution in [2.24, 2.45) is 7.05 Å². The molecule has 1 fully saturated rings. The first-order chi connectivity index (χ1) is 25.7. The van der Waals surface area contributed by atoms with Crippen molar-refractivity contribution in [1.29, 1.82) is 0 Å². The second-order valence-electron chi connectivity index (χ2n) is 14.4. The lowest BCUT2D eigenvalue weighted by atomic mass is 9.72. The van der Waals surface area contributed by atoms with Gasteiger partial charge in [0.2, 0.25) is 5.78 Å². The van der Waals surface area contributed by atoms with Gasteiger partial charge in [-0.1, -0.05) is 36.4 Å². The molecular formula is C41H43ClN2O11. The molecule has 1 aliphatic heterocycles. The standard InChI is InChI=1S/C41H42N2O11.ClH/c1-20-36(46)26(42-19-23-12-10-22(11-13-23)15-28(45)27-8-6-14-43(27)3)16-31(53-20)54-30-18-41(51,21(2)44)17-25-33(30)40(50)35-34(38(25)48)37(47)24-7-5-9-29(52-4)32(24)39(35)49;/h5-14,20,26,30-31,36,42,46,48,50-51H,15-19H2,1-4H3;1H/t20?,26?,30?,31?,36?,41-;/m0./s1. The Kier molecular flexibility index (Phi) is 11.1. The van der Waals surface area contributed by atoms with Crippen molar-refractivity contribution in [2.75, 3.05) is 7.11 Å². The van der Waals surface area contributed by atoms with E-state index in [0.29, 0.717) is 12.2 Å². The molecule has 290 valence electrons. The van der Waals surface area contributed by atoms with Crippen molar-refractivity contribution >= 4 is 35.5 Å². The van der Waals surface area contributed by atoms with E-state index < -0.39 is 82.6 Å². The molecule has 2 aliphatic carbocycles. The summed E-state index contributed by atoms with van der Waals surface area (Å²) in [6, 6.07) is 15.1. The minimum atomic E-state index is -2.05. The molecule has 7 rings (SSSR count). The number of phenols is 2. The van der Waals surface area contributed by atoms with Gasteiger partial charge in [0.15, 0.2) is 23.6 Å². The quantitative estimate of drug-likeness (QED) is 0.101. The van der Waals surface area contributed by atoms with Crippen LogP contribution in [0.25, 0.3) is 0 Å². The molecule has 0 amide bonds. The van der Waals surface area contributed by atoms with Crippen LogP contribution in [0.2, 0.25) is 0 Å². The average molecular weight is 775 g/mol. The third-order valence-electron chi connectivity index (χ3n) is 10.9. The monoisotopic (exact) mass is 774 g/mol. The number of carbonyl (C=O) groups is 4. The number of Topliss-reactive ketones (excluding diaryl/α,β-unsaturated/α-hetero) is 2. The largest absolute Gasteiger partial charge is 0.507 e. The van der Waals surface area contributed by atoms with Gasteiger partial charge in [-0.3, -0.25) is 19.2 Å². The Morgan fingerprint density at radius 3 is 2.33 bits per heavy atom. The van der Waals surface area contributed by atoms with Crippen LogP contribution in [0.1, 0.15) is 97.4 Å². The molecule has 5 unspecified atom stereocenters. The molecule has 1 aromatic heterocycles. The molecule has 14 heteroatoms. The Labute approximate surface area is 323 Å². The first kappa shape index (κ1) is 39.8. The van der Waals surface area contributed by atoms with E-state index in [1.165, 1.54) is 32.2 Å². The maximum atomic E-state index is 13.9. The van der Waals surface area contributed by atoms with Crippen molar-refractivity contribution in [1.82, 2.24) is 9.88 Å². The van der Waals surface area contributed by atoms with Gasteiger partial charge in [0.1, 0.15) is 22.8 Å². The second kappa shape index (κ2) is 15.3. The number of carbonyl (C=O) groups excluding carboxylic acids is 4. The number of aromatic hydroxyl groups is 2. The normalized spacial score (nSPS) is 24.3. The molecular weight excluding hydrogens is 732 g/mol. The van der Waals surface area contributed by atoms with Crippen molar-refractivity contribution < 1.29 is 53.8 Å². The van der Waals surface area contributed by atoms with E-state index in [-0.39, 0.29) is 65.5 Å². The van der Waals surface area contributed by atoms with Crippen LogP contribution in [0, 0.1) is 0 Å². The van der Waals surface area contributed by atoms with Crippen molar-refractivity contribution in [2.45, 2.75) is 82.3 Å². The zero-order valence-corrected chi connectivity index (χ0v) is 31.5. The van der Waals surface area contributed by atoms with E-state index in [4.69, 9.17) is 14.2 Å². The number of rotatable bonds is 10. The van der Waals surface area contributed by atoms with E-state index >= 15 is 0 Å². The summed E-state index contributed by atoms with van der Waals surface area (Å²) in [6.07, 6.45) is -2.58. The zero-order chi connectivity index (χ0) is 38.6. The fourth-order valence-electron chi connectivity index (χ4n) is 7.88. The Morgan fingerprint density at radius 2 is 1.67 bits per heavy atom. The summed E-state index contributed by atoms with van der Waals surface area (Å²) >= 11 is 0. The van der Waals surface area contributed by atoms with Gasteiger partial charge in [0.25, 0.3) is 0 Å². The van der Waals surface area contributed by atoms with Crippen LogP contribution in [-0.2, 0) is 40.7 Å². The highest BCUT2D eigenvalue weighted by Gasteiger charge is 2.49. The van der Waals surface area contributed by atoms with Gasteiger partial charge in [-0.2, -0.15) is 0 Å². The molecule has 5 N–H and O–H groups in total. The number of hydrogen-bond donors (Lipinski definition) is 5. The summed E-state index contributed by atoms with van der Waals surface area (Å²) in [4.78, 5) is 53.2. The highest BCUT2D eigenvalue weighted by Crippen LogP contribution is 2.52. The number of nitrogens with one attached hydrogen (secondary N) is 1. The molecule has 0 bridgehead atoms. The number of aliphatic hydroxyl groups is 2. The fraction of sp³-hybridized carbons (Fsp3) is 0.366. The topological polar surface area (TPSA) is 194 Å². The molecule has 3 aliphatic rings. The van der Waals surface area contributed by atoms with Crippen LogP contribution >= 0.6 is 12.4 Å². The van der Waals surface area contributed by atoms with Crippen LogP contribution in [0.3, 0.4) is 0 Å². The molecule has 1 saturated heterocycles. The predicted octanol–water partition coefficient (Wildman–Crippen LogP) is 4.05. The molecule has 2 heterocycles. The van der Waals surface area contributed by atoms with Crippen LogP contribution < -0.4 is 10.1 Å². The average Bonchev–Trinajstić information content (AvgIpc) is 3.58. The van der Waals surface area contributed by atoms with Crippen molar-refractivity contribution in [3.05, 3.63) is 111 Å². The Hall–Kier alpha value is -4.89. The van der Waals surface area contributed by atoms with Gasteiger partial charge in [0.05, 0.1) is 47.8 Å². The smallest absolute Gasteiger partial charge is 0.202 e. The molecule has 4 aromatic rings. The molecule has 0 radical (unpaired) electrons. The predicted molar refractivity (Wildman–Crippen MR) is 200 cm³/mol. The summed E-state index contributed by atoms with van der Waals surface area (Å²) in [5.74, 6) is -3.23. The molecule has 55 heavy (non-hydrogen) atoms. The number of aromatic nitrogens is 1. The highest BCUT2D eigenvalue weighted by atomic mass is 35.5. The summed E-state index contributed by atoms with van der Waals surface area (Å²) in [5.41, 5.74) is -0.754. The Morgan fingerprint density at radius 1 is 0.982 bits per heavy atom. The van der Waals surface area contributed by atoms with Crippen molar-refractivity contribution in [3.63, 3.8) is 0 Å². The van der Waals surface area contributed by atoms with Crippen LogP contribution in [0.15, 0.2) is 60.8 Å². The maximum absolute atomic E-state index is 13.9. The number of fused-ring (bicyclic) bond motifs is 3. The van der Waals surface area contributed by atoms with Crippen LogP contribution in [-0.4, -0.2) is 85.4 Å². The number of aliphatic hydroxyl groups excluding tert-OH is 1. The van der Waals surface area contributed by atoms with Gasteiger partial charge in [-0.05, 0) is 43.2 Å². The molecule has 0 saturated carbocycles. The fourth-order valence-corrected chi connectivity index (χ4v) is 7.88. The minimum absolute atomic E-state index is 0. The molecule has 0 spiro atoms.